The number of carboxylic acid groups (broad SMARTS) is 1. The van der Waals surface area contributed by atoms with Crippen molar-refractivity contribution in [1.82, 2.24) is 0 Å². The average molecular weight is 154 g/mol. The van der Waals surface area contributed by atoms with Crippen molar-refractivity contribution in [3.05, 3.63) is 23.2 Å². The fourth-order valence-electron chi connectivity index (χ4n) is 0.776. The summed E-state index contributed by atoms with van der Waals surface area (Å²) in [6, 6.07) is 1.20. The van der Waals surface area contributed by atoms with E-state index >= 15 is 0 Å². The van der Waals surface area contributed by atoms with Crippen LogP contribution in [0.2, 0.25) is 0 Å². The van der Waals surface area contributed by atoms with E-state index in [4.69, 9.17) is 9.52 Å². The number of aryl methyl sites for hydroxylation is 1. The normalized spacial score (nSPS) is 9.55. The molecule has 0 aliphatic rings. The fraction of sp³-hybridized carbons (Fsp3) is 0.143. The third kappa shape index (κ3) is 1.29. The minimum absolute atomic E-state index is 0.0344. The molecule has 0 fully saturated rings. The number of hydrogen-bond acceptors (Lipinski definition) is 3. The number of hydrogen-bond donors (Lipinski definition) is 1. The molecular weight excluding hydrogens is 148 g/mol. The topological polar surface area (TPSA) is 67.5 Å². The first-order valence-electron chi connectivity index (χ1n) is 2.94. The molecule has 1 aromatic rings. The first-order chi connectivity index (χ1) is 5.15. The van der Waals surface area contributed by atoms with Crippen LogP contribution >= 0.6 is 0 Å². The van der Waals surface area contributed by atoms with Crippen LogP contribution < -0.4 is 0 Å². The SMILES string of the molecule is Cc1oc(C=O)cc1C(=O)O. The van der Waals surface area contributed by atoms with Crippen LogP contribution in [0.15, 0.2) is 10.5 Å². The van der Waals surface area contributed by atoms with Crippen LogP contribution in [0.1, 0.15) is 26.7 Å². The second-order valence-corrected chi connectivity index (χ2v) is 2.04. The van der Waals surface area contributed by atoms with Gasteiger partial charge < -0.3 is 9.52 Å². The molecule has 11 heavy (non-hydrogen) atoms. The molecule has 1 N–H and O–H groups in total. The predicted octanol–water partition coefficient (Wildman–Crippen LogP) is 1.10. The third-order valence-electron chi connectivity index (χ3n) is 1.28. The standard InChI is InChI=1S/C7H6O4/c1-4-6(7(9)10)2-5(3-8)11-4/h2-3H,1H3,(H,9,10). The molecule has 0 saturated heterocycles. The van der Waals surface area contributed by atoms with Crippen molar-refractivity contribution >= 4 is 12.3 Å². The maximum atomic E-state index is 10.4. The van der Waals surface area contributed by atoms with Crippen LogP contribution in [-0.4, -0.2) is 17.4 Å². The van der Waals surface area contributed by atoms with Crippen molar-refractivity contribution in [3.63, 3.8) is 0 Å². The van der Waals surface area contributed by atoms with Gasteiger partial charge in [-0.05, 0) is 6.92 Å². The minimum Gasteiger partial charge on any atom is -0.478 e. The van der Waals surface area contributed by atoms with Gasteiger partial charge in [-0.15, -0.1) is 0 Å². The summed E-state index contributed by atoms with van der Waals surface area (Å²) in [6.45, 7) is 1.50. The van der Waals surface area contributed by atoms with Crippen molar-refractivity contribution < 1.29 is 19.1 Å². The van der Waals surface area contributed by atoms with Crippen molar-refractivity contribution in [2.45, 2.75) is 6.92 Å². The molecule has 0 atom stereocenters. The molecule has 0 spiro atoms. The molecule has 1 heterocycles. The Hall–Kier alpha value is -1.58. The van der Waals surface area contributed by atoms with E-state index < -0.39 is 5.97 Å². The average Bonchev–Trinajstić information content (AvgIpc) is 2.30. The molecule has 0 aliphatic carbocycles. The smallest absolute Gasteiger partial charge is 0.339 e. The highest BCUT2D eigenvalue weighted by Crippen LogP contribution is 2.12. The number of aldehydes is 1. The summed E-state index contributed by atoms with van der Waals surface area (Å²) in [5, 5.41) is 8.50. The molecule has 0 unspecified atom stereocenters. The lowest BCUT2D eigenvalue weighted by Gasteiger charge is -1.85. The first kappa shape index (κ1) is 7.53. The second kappa shape index (κ2) is 2.57. The minimum atomic E-state index is -1.08. The third-order valence-corrected chi connectivity index (χ3v) is 1.28. The van der Waals surface area contributed by atoms with Gasteiger partial charge in [-0.1, -0.05) is 0 Å². The molecule has 0 radical (unpaired) electrons. The Labute approximate surface area is 62.4 Å². The van der Waals surface area contributed by atoms with Crippen LogP contribution in [0, 0.1) is 6.92 Å². The van der Waals surface area contributed by atoms with Gasteiger partial charge in [0.2, 0.25) is 0 Å². The number of carbonyl (C=O) groups is 2. The second-order valence-electron chi connectivity index (χ2n) is 2.04. The summed E-state index contributed by atoms with van der Waals surface area (Å²) in [4.78, 5) is 20.5. The molecule has 0 aliphatic heterocycles. The van der Waals surface area contributed by atoms with Crippen LogP contribution in [-0.2, 0) is 0 Å². The van der Waals surface area contributed by atoms with Gasteiger partial charge >= 0.3 is 5.97 Å². The van der Waals surface area contributed by atoms with E-state index in [1.807, 2.05) is 0 Å². The molecular formula is C7H6O4. The van der Waals surface area contributed by atoms with Gasteiger partial charge in [0.25, 0.3) is 0 Å². The molecule has 58 valence electrons. The van der Waals surface area contributed by atoms with Crippen molar-refractivity contribution in [1.29, 1.82) is 0 Å². The molecule has 1 rings (SSSR count). The summed E-state index contributed by atoms with van der Waals surface area (Å²) < 4.78 is 4.78. The maximum Gasteiger partial charge on any atom is 0.339 e. The number of carbonyl (C=O) groups excluding carboxylic acids is 1. The van der Waals surface area contributed by atoms with E-state index in [2.05, 4.69) is 0 Å². The molecule has 1 aromatic heterocycles. The zero-order valence-corrected chi connectivity index (χ0v) is 5.83. The summed E-state index contributed by atoms with van der Waals surface area (Å²) in [5.74, 6) is -0.793. The molecule has 0 aromatic carbocycles. The van der Waals surface area contributed by atoms with Crippen molar-refractivity contribution in [2.24, 2.45) is 0 Å². The largest absolute Gasteiger partial charge is 0.478 e. The van der Waals surface area contributed by atoms with Gasteiger partial charge in [-0.2, -0.15) is 0 Å². The van der Waals surface area contributed by atoms with Crippen molar-refractivity contribution in [3.8, 4) is 0 Å². The van der Waals surface area contributed by atoms with Crippen LogP contribution in [0.3, 0.4) is 0 Å². The summed E-state index contributed by atoms with van der Waals surface area (Å²) in [6.07, 6.45) is 0.472. The Kier molecular flexibility index (Phi) is 1.76. The summed E-state index contributed by atoms with van der Waals surface area (Å²) in [7, 11) is 0. The summed E-state index contributed by atoms with van der Waals surface area (Å²) in [5.41, 5.74) is 0.0344. The highest BCUT2D eigenvalue weighted by atomic mass is 16.4. The Morgan fingerprint density at radius 2 is 2.36 bits per heavy atom. The van der Waals surface area contributed by atoms with Crippen LogP contribution in [0.5, 0.6) is 0 Å². The highest BCUT2D eigenvalue weighted by Gasteiger charge is 2.12. The lowest BCUT2D eigenvalue weighted by atomic mass is 10.2. The first-order valence-corrected chi connectivity index (χ1v) is 2.94. The summed E-state index contributed by atoms with van der Waals surface area (Å²) >= 11 is 0. The molecule has 0 amide bonds. The Balaban J connectivity index is 3.16. The fourth-order valence-corrected chi connectivity index (χ4v) is 0.776. The van der Waals surface area contributed by atoms with Gasteiger partial charge in [-0.25, -0.2) is 4.79 Å². The zero-order valence-electron chi connectivity index (χ0n) is 5.83. The number of rotatable bonds is 2. The molecule has 4 heteroatoms. The number of carboxylic acids is 1. The maximum absolute atomic E-state index is 10.4. The number of furan rings is 1. The van der Waals surface area contributed by atoms with Gasteiger partial charge in [0.15, 0.2) is 12.0 Å². The van der Waals surface area contributed by atoms with E-state index in [9.17, 15) is 9.59 Å². The van der Waals surface area contributed by atoms with Gasteiger partial charge in [-0.3, -0.25) is 4.79 Å². The Bertz CT molecular complexity index is 297. The van der Waals surface area contributed by atoms with E-state index in [0.717, 1.165) is 0 Å². The molecule has 4 nitrogen and oxygen atoms in total. The van der Waals surface area contributed by atoms with E-state index in [-0.39, 0.29) is 17.1 Å². The highest BCUT2D eigenvalue weighted by molar-refractivity contribution is 5.90. The van der Waals surface area contributed by atoms with Crippen molar-refractivity contribution in [2.75, 3.05) is 0 Å². The quantitative estimate of drug-likeness (QED) is 0.647. The Morgan fingerprint density at radius 3 is 2.64 bits per heavy atom. The monoisotopic (exact) mass is 154 g/mol. The molecule has 0 saturated carbocycles. The lowest BCUT2D eigenvalue weighted by Crippen LogP contribution is -1.94. The van der Waals surface area contributed by atoms with E-state index in [1.165, 1.54) is 13.0 Å². The van der Waals surface area contributed by atoms with Gasteiger partial charge in [0.05, 0.1) is 0 Å². The van der Waals surface area contributed by atoms with E-state index in [1.54, 1.807) is 0 Å². The lowest BCUT2D eigenvalue weighted by molar-refractivity contribution is 0.0695. The van der Waals surface area contributed by atoms with Gasteiger partial charge in [0.1, 0.15) is 11.3 Å². The van der Waals surface area contributed by atoms with Crippen LogP contribution in [0.25, 0.3) is 0 Å². The molecule has 0 bridgehead atoms. The van der Waals surface area contributed by atoms with Crippen LogP contribution in [0.4, 0.5) is 0 Å². The predicted molar refractivity (Wildman–Crippen MR) is 35.8 cm³/mol. The van der Waals surface area contributed by atoms with E-state index in [0.29, 0.717) is 6.29 Å². The zero-order chi connectivity index (χ0) is 8.43. The van der Waals surface area contributed by atoms with Gasteiger partial charge in [0, 0.05) is 6.07 Å². The number of aromatic carboxylic acids is 1. The Morgan fingerprint density at radius 1 is 1.73 bits per heavy atom.